The summed E-state index contributed by atoms with van der Waals surface area (Å²) >= 11 is 12.1. The van der Waals surface area contributed by atoms with Gasteiger partial charge < -0.3 is 20.5 Å². The summed E-state index contributed by atoms with van der Waals surface area (Å²) in [6, 6.07) is 11.7. The second-order valence-electron chi connectivity index (χ2n) is 8.30. The van der Waals surface area contributed by atoms with Gasteiger partial charge in [-0.3, -0.25) is 9.78 Å². The Morgan fingerprint density at radius 3 is 2.27 bits per heavy atom. The van der Waals surface area contributed by atoms with Crippen LogP contribution in [0.3, 0.4) is 0 Å². The highest BCUT2D eigenvalue weighted by atomic mass is 35.5. The van der Waals surface area contributed by atoms with E-state index < -0.39 is 23.5 Å². The van der Waals surface area contributed by atoms with E-state index in [4.69, 9.17) is 27.9 Å². The number of aryl methyl sites for hydroxylation is 1. The first kappa shape index (κ1) is 28.3. The van der Waals surface area contributed by atoms with E-state index in [-0.39, 0.29) is 39.1 Å². The molecular formula is C27H21Cl2N5O6. The van der Waals surface area contributed by atoms with Crippen LogP contribution >= 0.6 is 23.2 Å². The smallest absolute Gasteiger partial charge is 0.337 e. The fraction of sp³-hybridized carbons (Fsp3) is 0.111. The molecule has 0 saturated heterocycles. The predicted molar refractivity (Wildman–Crippen MR) is 150 cm³/mol. The van der Waals surface area contributed by atoms with Gasteiger partial charge in [0, 0.05) is 24.5 Å². The van der Waals surface area contributed by atoms with Gasteiger partial charge in [0.1, 0.15) is 5.69 Å². The molecule has 0 saturated carbocycles. The molecule has 0 fully saturated rings. The van der Waals surface area contributed by atoms with Crippen LogP contribution in [0.5, 0.6) is 0 Å². The van der Waals surface area contributed by atoms with Crippen molar-refractivity contribution in [2.75, 3.05) is 17.7 Å². The van der Waals surface area contributed by atoms with Gasteiger partial charge in [0.2, 0.25) is 0 Å². The minimum absolute atomic E-state index is 0.0584. The molecule has 2 aromatic carbocycles. The predicted octanol–water partition coefficient (Wildman–Crippen LogP) is 5.43. The number of pyridine rings is 1. The van der Waals surface area contributed by atoms with Crippen molar-refractivity contribution in [3.05, 3.63) is 92.5 Å². The largest absolute Gasteiger partial charge is 0.478 e. The van der Waals surface area contributed by atoms with E-state index in [0.717, 1.165) is 0 Å². The number of hydrogen-bond donors (Lipinski definition) is 3. The lowest BCUT2D eigenvalue weighted by Gasteiger charge is -2.13. The van der Waals surface area contributed by atoms with E-state index in [9.17, 15) is 24.3 Å². The summed E-state index contributed by atoms with van der Waals surface area (Å²) in [6.45, 7) is 1.94. The maximum Gasteiger partial charge on any atom is 0.337 e. The van der Waals surface area contributed by atoms with E-state index in [1.165, 1.54) is 48.5 Å². The lowest BCUT2D eigenvalue weighted by Crippen LogP contribution is -2.29. The maximum absolute atomic E-state index is 12.9. The van der Waals surface area contributed by atoms with Crippen molar-refractivity contribution in [2.24, 2.45) is 0 Å². The number of urea groups is 1. The molecule has 2 heterocycles. The summed E-state index contributed by atoms with van der Waals surface area (Å²) in [5.74, 6) is -1.89. The van der Waals surface area contributed by atoms with E-state index >= 15 is 0 Å². The van der Waals surface area contributed by atoms with Crippen molar-refractivity contribution in [2.45, 2.75) is 13.5 Å². The van der Waals surface area contributed by atoms with Crippen molar-refractivity contribution in [3.63, 3.8) is 0 Å². The SMILES string of the molecule is CCn1nc(-c2cccc(-c3cc(C(=O)O)cc(C(=O)OC)c3)c2)cc(NC(=O)Nc2c(Cl)cncc2Cl)c1=O. The molecular weight excluding hydrogens is 561 g/mol. The van der Waals surface area contributed by atoms with Crippen LogP contribution in [0.25, 0.3) is 22.4 Å². The summed E-state index contributed by atoms with van der Waals surface area (Å²) in [7, 11) is 1.20. The Hall–Kier alpha value is -4.74. The number of amides is 2. The zero-order valence-electron chi connectivity index (χ0n) is 21.1. The minimum atomic E-state index is -1.21. The Kier molecular flexibility index (Phi) is 8.46. The number of benzene rings is 2. The Balaban J connectivity index is 1.72. The molecule has 0 spiro atoms. The molecule has 0 bridgehead atoms. The quantitative estimate of drug-likeness (QED) is 0.244. The van der Waals surface area contributed by atoms with Gasteiger partial charge in [0.05, 0.1) is 39.7 Å². The number of aromatic nitrogens is 3. The first-order valence-electron chi connectivity index (χ1n) is 11.7. The van der Waals surface area contributed by atoms with Crippen molar-refractivity contribution >= 4 is 52.5 Å². The highest BCUT2D eigenvalue weighted by Crippen LogP contribution is 2.30. The number of nitrogens with one attached hydrogen (secondary N) is 2. The normalized spacial score (nSPS) is 10.6. The number of halogens is 2. The van der Waals surface area contributed by atoms with E-state index in [1.54, 1.807) is 31.2 Å². The molecule has 2 amide bonds. The molecule has 204 valence electrons. The van der Waals surface area contributed by atoms with Gasteiger partial charge in [0.25, 0.3) is 5.56 Å². The van der Waals surface area contributed by atoms with Crippen molar-refractivity contribution in [3.8, 4) is 22.4 Å². The zero-order chi connectivity index (χ0) is 29.0. The number of aromatic carboxylic acids is 1. The van der Waals surface area contributed by atoms with Gasteiger partial charge in [-0.25, -0.2) is 19.1 Å². The van der Waals surface area contributed by atoms with Gasteiger partial charge in [-0.2, -0.15) is 5.10 Å². The van der Waals surface area contributed by atoms with Crippen LogP contribution in [-0.2, 0) is 11.3 Å². The third-order valence-corrected chi connectivity index (χ3v) is 6.28. The fourth-order valence-corrected chi connectivity index (χ4v) is 4.26. The molecule has 2 aromatic heterocycles. The summed E-state index contributed by atoms with van der Waals surface area (Å²) in [5, 5.41) is 19.2. The van der Waals surface area contributed by atoms with Gasteiger partial charge in [-0.15, -0.1) is 0 Å². The summed E-state index contributed by atoms with van der Waals surface area (Å²) in [6.07, 6.45) is 2.62. The molecule has 0 atom stereocenters. The maximum atomic E-state index is 12.9. The number of carboxylic acids is 1. The minimum Gasteiger partial charge on any atom is -0.478 e. The summed E-state index contributed by atoms with van der Waals surface area (Å²) in [5.41, 5.74) is 1.46. The molecule has 0 radical (unpaired) electrons. The molecule has 4 rings (SSSR count). The van der Waals surface area contributed by atoms with Crippen molar-refractivity contribution in [1.29, 1.82) is 0 Å². The molecule has 0 aliphatic heterocycles. The zero-order valence-corrected chi connectivity index (χ0v) is 22.6. The molecule has 0 aliphatic rings. The molecule has 4 aromatic rings. The number of carbonyl (C=O) groups excluding carboxylic acids is 2. The number of nitrogens with zero attached hydrogens (tertiary/aromatic N) is 3. The number of esters is 1. The van der Waals surface area contributed by atoms with E-state index in [0.29, 0.717) is 22.4 Å². The summed E-state index contributed by atoms with van der Waals surface area (Å²) < 4.78 is 5.94. The van der Waals surface area contributed by atoms with Gasteiger partial charge in [-0.05, 0) is 48.4 Å². The third-order valence-electron chi connectivity index (χ3n) is 5.71. The first-order chi connectivity index (χ1) is 19.1. The molecule has 11 nitrogen and oxygen atoms in total. The number of rotatable bonds is 7. The second-order valence-corrected chi connectivity index (χ2v) is 9.11. The molecule has 0 unspecified atom stereocenters. The monoisotopic (exact) mass is 581 g/mol. The van der Waals surface area contributed by atoms with Crippen molar-refractivity contribution in [1.82, 2.24) is 14.8 Å². The van der Waals surface area contributed by atoms with Crippen molar-refractivity contribution < 1.29 is 24.2 Å². The number of carboxylic acid groups (broad SMARTS) is 1. The molecule has 40 heavy (non-hydrogen) atoms. The van der Waals surface area contributed by atoms with Crippen LogP contribution in [0, 0.1) is 0 Å². The molecule has 13 heteroatoms. The van der Waals surface area contributed by atoms with Gasteiger partial charge in [0.15, 0.2) is 0 Å². The fourth-order valence-electron chi connectivity index (χ4n) is 3.80. The van der Waals surface area contributed by atoms with Crippen LogP contribution in [0.1, 0.15) is 27.6 Å². The standard InChI is InChI=1S/C27H21Cl2N5O6/c1-3-34-24(35)22(31-27(39)32-23-19(28)12-30-13-20(23)29)11-21(33-34)15-6-4-5-14(7-15)16-8-17(25(36)37)10-18(9-16)26(38)40-2/h4-13H,3H2,1-2H3,(H,36,37)(H2,30,31,32,39). The Morgan fingerprint density at radius 2 is 1.62 bits per heavy atom. The number of anilines is 2. The van der Waals surface area contributed by atoms with Crippen LogP contribution in [0.2, 0.25) is 10.0 Å². The average Bonchev–Trinajstić information content (AvgIpc) is 2.95. The Labute approximate surface area is 237 Å². The van der Waals surface area contributed by atoms with Crippen LogP contribution in [-0.4, -0.2) is 45.0 Å². The number of carbonyl (C=O) groups is 3. The first-order valence-corrected chi connectivity index (χ1v) is 12.4. The van der Waals surface area contributed by atoms with Crippen LogP contribution in [0.15, 0.2) is 65.7 Å². The van der Waals surface area contributed by atoms with Gasteiger partial charge >= 0.3 is 18.0 Å². The molecule has 0 aliphatic carbocycles. The highest BCUT2D eigenvalue weighted by molar-refractivity contribution is 6.39. The highest BCUT2D eigenvalue weighted by Gasteiger charge is 2.17. The van der Waals surface area contributed by atoms with Crippen LogP contribution < -0.4 is 16.2 Å². The van der Waals surface area contributed by atoms with Gasteiger partial charge in [-0.1, -0.05) is 41.4 Å². The third kappa shape index (κ3) is 6.11. The lowest BCUT2D eigenvalue weighted by molar-refractivity contribution is 0.0600. The van der Waals surface area contributed by atoms with E-state index in [2.05, 4.69) is 20.7 Å². The number of hydrogen-bond acceptors (Lipinski definition) is 7. The second kappa shape index (κ2) is 12.0. The molecule has 3 N–H and O–H groups in total. The lowest BCUT2D eigenvalue weighted by atomic mass is 9.97. The van der Waals surface area contributed by atoms with E-state index in [1.807, 2.05) is 0 Å². The topological polar surface area (TPSA) is 153 Å². The summed E-state index contributed by atoms with van der Waals surface area (Å²) in [4.78, 5) is 53.3. The Bertz CT molecular complexity index is 1690. The number of ether oxygens (including phenoxy) is 1. The Morgan fingerprint density at radius 1 is 0.950 bits per heavy atom. The average molecular weight is 582 g/mol. The number of methoxy groups -OCH3 is 1. The van der Waals surface area contributed by atoms with Crippen LogP contribution in [0.4, 0.5) is 16.2 Å².